The number of rotatable bonds is 3. The lowest BCUT2D eigenvalue weighted by Gasteiger charge is -2.11. The van der Waals surface area contributed by atoms with E-state index in [4.69, 9.17) is 0 Å². The standard InChI is InChI=1S/C15H20N6O/c1-20-14(10-5-2-3-6-11(10)19-20)15(22)16-9-13-18-17-12-7-4-8-21(12)13/h2-9H2,1H3,(H,16,22). The first-order valence-electron chi connectivity index (χ1n) is 7.98. The summed E-state index contributed by atoms with van der Waals surface area (Å²) in [4.78, 5) is 12.6. The van der Waals surface area contributed by atoms with Crippen LogP contribution in [0.5, 0.6) is 0 Å². The Labute approximate surface area is 128 Å². The van der Waals surface area contributed by atoms with Crippen LogP contribution in [0, 0.1) is 0 Å². The highest BCUT2D eigenvalue weighted by molar-refractivity contribution is 5.94. The number of carbonyl (C=O) groups excluding carboxylic acids is 1. The van der Waals surface area contributed by atoms with Gasteiger partial charge in [-0.1, -0.05) is 0 Å². The molecule has 0 spiro atoms. The van der Waals surface area contributed by atoms with Gasteiger partial charge in [-0.15, -0.1) is 10.2 Å². The van der Waals surface area contributed by atoms with Gasteiger partial charge in [0, 0.05) is 25.6 Å². The monoisotopic (exact) mass is 300 g/mol. The fourth-order valence-electron chi connectivity index (χ4n) is 3.55. The zero-order valence-corrected chi connectivity index (χ0v) is 12.8. The Balaban J connectivity index is 1.52. The molecule has 2 aromatic heterocycles. The summed E-state index contributed by atoms with van der Waals surface area (Å²) in [6.45, 7) is 1.38. The van der Waals surface area contributed by atoms with Gasteiger partial charge in [-0.25, -0.2) is 0 Å². The minimum atomic E-state index is -0.0616. The molecule has 0 bridgehead atoms. The number of nitrogens with zero attached hydrogens (tertiary/aromatic N) is 5. The molecule has 116 valence electrons. The van der Waals surface area contributed by atoms with Gasteiger partial charge in [-0.05, 0) is 32.1 Å². The average Bonchev–Trinajstić information content (AvgIpc) is 3.18. The van der Waals surface area contributed by atoms with Crippen LogP contribution in [0.25, 0.3) is 0 Å². The van der Waals surface area contributed by atoms with Crippen LogP contribution in [0.15, 0.2) is 0 Å². The fraction of sp³-hybridized carbons (Fsp3) is 0.600. The first-order chi connectivity index (χ1) is 10.7. The van der Waals surface area contributed by atoms with Gasteiger partial charge in [0.1, 0.15) is 11.5 Å². The number of fused-ring (bicyclic) bond motifs is 2. The van der Waals surface area contributed by atoms with Gasteiger partial charge in [-0.2, -0.15) is 5.10 Å². The molecule has 0 saturated heterocycles. The summed E-state index contributed by atoms with van der Waals surface area (Å²) in [7, 11) is 1.85. The summed E-state index contributed by atoms with van der Waals surface area (Å²) in [5.41, 5.74) is 2.91. The van der Waals surface area contributed by atoms with Crippen molar-refractivity contribution in [3.63, 3.8) is 0 Å². The first kappa shape index (κ1) is 13.5. The van der Waals surface area contributed by atoms with E-state index in [2.05, 4.69) is 25.2 Å². The van der Waals surface area contributed by atoms with Crippen LogP contribution in [0.1, 0.15) is 52.7 Å². The maximum atomic E-state index is 12.6. The van der Waals surface area contributed by atoms with Gasteiger partial charge in [-0.3, -0.25) is 9.48 Å². The molecule has 3 heterocycles. The summed E-state index contributed by atoms with van der Waals surface area (Å²) in [6.07, 6.45) is 6.32. The number of aromatic nitrogens is 5. The molecule has 0 atom stereocenters. The van der Waals surface area contributed by atoms with E-state index >= 15 is 0 Å². The van der Waals surface area contributed by atoms with Crippen LogP contribution >= 0.6 is 0 Å². The van der Waals surface area contributed by atoms with Crippen LogP contribution in [0.3, 0.4) is 0 Å². The highest BCUT2D eigenvalue weighted by Crippen LogP contribution is 2.23. The Kier molecular flexibility index (Phi) is 3.20. The second kappa shape index (κ2) is 5.23. The maximum absolute atomic E-state index is 12.6. The third-order valence-corrected chi connectivity index (χ3v) is 4.63. The van der Waals surface area contributed by atoms with Gasteiger partial charge in [0.2, 0.25) is 0 Å². The molecule has 1 N–H and O–H groups in total. The number of hydrogen-bond donors (Lipinski definition) is 1. The van der Waals surface area contributed by atoms with Gasteiger partial charge in [0.05, 0.1) is 12.2 Å². The minimum absolute atomic E-state index is 0.0616. The van der Waals surface area contributed by atoms with Gasteiger partial charge in [0.15, 0.2) is 5.82 Å². The molecule has 1 amide bonds. The lowest BCUT2D eigenvalue weighted by Crippen LogP contribution is -2.27. The van der Waals surface area contributed by atoms with E-state index in [9.17, 15) is 4.79 Å². The molecule has 0 saturated carbocycles. The topological polar surface area (TPSA) is 77.6 Å². The van der Waals surface area contributed by atoms with Crippen LogP contribution in [0.4, 0.5) is 0 Å². The molecule has 0 fully saturated rings. The lowest BCUT2D eigenvalue weighted by atomic mass is 9.95. The second-order valence-corrected chi connectivity index (χ2v) is 6.07. The summed E-state index contributed by atoms with van der Waals surface area (Å²) < 4.78 is 3.83. The van der Waals surface area contributed by atoms with E-state index in [-0.39, 0.29) is 5.91 Å². The Morgan fingerprint density at radius 1 is 1.18 bits per heavy atom. The zero-order chi connectivity index (χ0) is 15.1. The first-order valence-corrected chi connectivity index (χ1v) is 7.98. The summed E-state index contributed by atoms with van der Waals surface area (Å²) in [5, 5.41) is 15.8. The molecule has 2 aliphatic rings. The van der Waals surface area contributed by atoms with E-state index in [1.54, 1.807) is 4.68 Å². The molecule has 0 radical (unpaired) electrons. The number of hydrogen-bond acceptors (Lipinski definition) is 4. The molecular formula is C15H20N6O. The van der Waals surface area contributed by atoms with Gasteiger partial charge >= 0.3 is 0 Å². The maximum Gasteiger partial charge on any atom is 0.270 e. The third-order valence-electron chi connectivity index (χ3n) is 4.63. The lowest BCUT2D eigenvalue weighted by molar-refractivity contribution is 0.0939. The van der Waals surface area contributed by atoms with Gasteiger partial charge < -0.3 is 9.88 Å². The van der Waals surface area contributed by atoms with Crippen molar-refractivity contribution in [3.8, 4) is 0 Å². The Bertz CT molecular complexity index is 729. The van der Waals surface area contributed by atoms with E-state index < -0.39 is 0 Å². The largest absolute Gasteiger partial charge is 0.343 e. The molecule has 4 rings (SSSR count). The zero-order valence-electron chi connectivity index (χ0n) is 12.8. The summed E-state index contributed by atoms with van der Waals surface area (Å²) in [5.74, 6) is 1.81. The smallest absolute Gasteiger partial charge is 0.270 e. The third kappa shape index (κ3) is 2.12. The molecule has 2 aromatic rings. The van der Waals surface area contributed by atoms with Crippen molar-refractivity contribution in [3.05, 3.63) is 28.6 Å². The van der Waals surface area contributed by atoms with Crippen LogP contribution in [-0.4, -0.2) is 30.5 Å². The molecule has 0 aromatic carbocycles. The van der Waals surface area contributed by atoms with Crippen LogP contribution in [-0.2, 0) is 39.4 Å². The molecule has 1 aliphatic carbocycles. The number of amides is 1. The Morgan fingerprint density at radius 2 is 2.05 bits per heavy atom. The van der Waals surface area contributed by atoms with Crippen molar-refractivity contribution >= 4 is 5.91 Å². The highest BCUT2D eigenvalue weighted by atomic mass is 16.2. The van der Waals surface area contributed by atoms with Crippen molar-refractivity contribution in [1.82, 2.24) is 29.9 Å². The number of carbonyl (C=O) groups is 1. The van der Waals surface area contributed by atoms with Crippen LogP contribution < -0.4 is 5.32 Å². The predicted molar refractivity (Wildman–Crippen MR) is 79.4 cm³/mol. The van der Waals surface area contributed by atoms with E-state index in [0.29, 0.717) is 12.2 Å². The highest BCUT2D eigenvalue weighted by Gasteiger charge is 2.24. The fourth-order valence-corrected chi connectivity index (χ4v) is 3.55. The molecule has 7 heteroatoms. The van der Waals surface area contributed by atoms with E-state index in [1.807, 2.05) is 7.05 Å². The normalized spacial score (nSPS) is 16.4. The summed E-state index contributed by atoms with van der Waals surface area (Å²) in [6, 6.07) is 0. The average molecular weight is 300 g/mol. The second-order valence-electron chi connectivity index (χ2n) is 6.07. The van der Waals surface area contributed by atoms with Crippen molar-refractivity contribution in [2.45, 2.75) is 51.6 Å². The number of nitrogens with one attached hydrogen (secondary N) is 1. The van der Waals surface area contributed by atoms with Crippen molar-refractivity contribution in [2.75, 3.05) is 0 Å². The molecule has 22 heavy (non-hydrogen) atoms. The van der Waals surface area contributed by atoms with E-state index in [1.165, 1.54) is 0 Å². The summed E-state index contributed by atoms with van der Waals surface area (Å²) >= 11 is 0. The number of aryl methyl sites for hydroxylation is 3. The Hall–Kier alpha value is -2.18. The predicted octanol–water partition coefficient (Wildman–Crippen LogP) is 0.767. The van der Waals surface area contributed by atoms with Crippen molar-refractivity contribution in [1.29, 1.82) is 0 Å². The van der Waals surface area contributed by atoms with E-state index in [0.717, 1.165) is 68.0 Å². The molecule has 7 nitrogen and oxygen atoms in total. The SMILES string of the molecule is Cn1nc2c(c1C(=O)NCc1nnc3n1CCC3)CCCC2. The minimum Gasteiger partial charge on any atom is -0.343 e. The van der Waals surface area contributed by atoms with Crippen LogP contribution in [0.2, 0.25) is 0 Å². The van der Waals surface area contributed by atoms with Crippen molar-refractivity contribution in [2.24, 2.45) is 7.05 Å². The quantitative estimate of drug-likeness (QED) is 0.908. The molecular weight excluding hydrogens is 280 g/mol. The Morgan fingerprint density at radius 3 is 2.95 bits per heavy atom. The van der Waals surface area contributed by atoms with Crippen molar-refractivity contribution < 1.29 is 4.79 Å². The van der Waals surface area contributed by atoms with Gasteiger partial charge in [0.25, 0.3) is 5.91 Å². The molecule has 0 unspecified atom stereocenters. The molecule has 1 aliphatic heterocycles.